The zero-order chi connectivity index (χ0) is 16.7. The average molecular weight is 381 g/mol. The number of halogens is 1. The van der Waals surface area contributed by atoms with Gasteiger partial charge < -0.3 is 9.64 Å². The van der Waals surface area contributed by atoms with Crippen molar-refractivity contribution in [1.29, 1.82) is 0 Å². The molecule has 6 heteroatoms. The molecule has 1 saturated carbocycles. The summed E-state index contributed by atoms with van der Waals surface area (Å²) >= 11 is 3.45. The largest absolute Gasteiger partial charge is 0.446 e. The minimum absolute atomic E-state index is 0.0727. The molecular formula is C17H21BrN2O3. The van der Waals surface area contributed by atoms with Gasteiger partial charge in [0.2, 0.25) is 5.91 Å². The molecule has 23 heavy (non-hydrogen) atoms. The third kappa shape index (κ3) is 3.22. The lowest BCUT2D eigenvalue weighted by Crippen LogP contribution is -2.52. The molecule has 0 saturated heterocycles. The highest BCUT2D eigenvalue weighted by molar-refractivity contribution is 9.10. The first-order valence-electron chi connectivity index (χ1n) is 7.99. The Bertz CT molecular complexity index is 643. The quantitative estimate of drug-likeness (QED) is 0.780. The Balaban J connectivity index is 1.99. The van der Waals surface area contributed by atoms with Crippen molar-refractivity contribution in [2.75, 3.05) is 16.3 Å². The summed E-state index contributed by atoms with van der Waals surface area (Å²) in [5.41, 5.74) is 1.50. The van der Waals surface area contributed by atoms with E-state index in [2.05, 4.69) is 15.9 Å². The molecule has 1 aliphatic heterocycles. The Morgan fingerprint density at radius 2 is 1.96 bits per heavy atom. The monoisotopic (exact) mass is 380 g/mol. The normalized spacial score (nSPS) is 20.5. The molecular weight excluding hydrogens is 360 g/mol. The molecule has 0 aromatic heterocycles. The molecule has 1 aromatic rings. The number of carbonyl (C=O) groups is 2. The fourth-order valence-electron chi connectivity index (χ4n) is 2.90. The van der Waals surface area contributed by atoms with E-state index in [1.54, 1.807) is 4.90 Å². The summed E-state index contributed by atoms with van der Waals surface area (Å²) in [4.78, 5) is 28.6. The summed E-state index contributed by atoms with van der Waals surface area (Å²) in [5.74, 6) is 0.307. The molecule has 2 amide bonds. The van der Waals surface area contributed by atoms with Crippen LogP contribution in [0.5, 0.6) is 0 Å². The number of rotatable bonds is 2. The van der Waals surface area contributed by atoms with Crippen LogP contribution in [0.25, 0.3) is 0 Å². The van der Waals surface area contributed by atoms with Crippen LogP contribution in [0, 0.1) is 5.92 Å². The molecule has 0 unspecified atom stereocenters. The van der Waals surface area contributed by atoms with Gasteiger partial charge in [-0.1, -0.05) is 15.9 Å². The lowest BCUT2D eigenvalue weighted by molar-refractivity contribution is -0.120. The van der Waals surface area contributed by atoms with E-state index in [1.165, 1.54) is 0 Å². The molecule has 1 aliphatic carbocycles. The number of nitrogens with zero attached hydrogens (tertiary/aromatic N) is 2. The van der Waals surface area contributed by atoms with Crippen LogP contribution in [-0.2, 0) is 9.53 Å². The maximum Gasteiger partial charge on any atom is 0.414 e. The number of hydrogen-bond acceptors (Lipinski definition) is 3. The molecule has 1 heterocycles. The van der Waals surface area contributed by atoms with Crippen LogP contribution >= 0.6 is 15.9 Å². The van der Waals surface area contributed by atoms with Crippen LogP contribution in [-0.4, -0.2) is 30.7 Å². The number of amides is 2. The van der Waals surface area contributed by atoms with Crippen LogP contribution in [0.4, 0.5) is 16.2 Å². The first-order valence-corrected chi connectivity index (χ1v) is 8.78. The van der Waals surface area contributed by atoms with E-state index in [0.29, 0.717) is 6.54 Å². The number of hydrogen-bond donors (Lipinski definition) is 0. The van der Waals surface area contributed by atoms with Crippen molar-refractivity contribution in [1.82, 2.24) is 0 Å². The summed E-state index contributed by atoms with van der Waals surface area (Å²) in [7, 11) is 0. The molecule has 0 radical (unpaired) electrons. The summed E-state index contributed by atoms with van der Waals surface area (Å²) in [5, 5.41) is 0. The fraction of sp³-hybridized carbons (Fsp3) is 0.529. The van der Waals surface area contributed by atoms with Gasteiger partial charge in [-0.2, -0.15) is 0 Å². The second-order valence-electron chi connectivity index (χ2n) is 6.51. The topological polar surface area (TPSA) is 49.9 Å². The molecule has 1 atom stereocenters. The van der Waals surface area contributed by atoms with Gasteiger partial charge in [0.1, 0.15) is 0 Å². The average Bonchev–Trinajstić information content (AvgIpc) is 3.30. The fourth-order valence-corrected chi connectivity index (χ4v) is 3.25. The van der Waals surface area contributed by atoms with Crippen molar-refractivity contribution in [2.24, 2.45) is 5.92 Å². The minimum atomic E-state index is -0.371. The smallest absolute Gasteiger partial charge is 0.414 e. The van der Waals surface area contributed by atoms with E-state index in [9.17, 15) is 9.59 Å². The SMILES string of the molecule is CC(C)OC(=O)N1C[C@H](C)N(C(=O)C2CC2)c2ccc(Br)cc21. The second kappa shape index (κ2) is 6.15. The first-order chi connectivity index (χ1) is 10.9. The van der Waals surface area contributed by atoms with Crippen LogP contribution < -0.4 is 9.80 Å². The Morgan fingerprint density at radius 1 is 1.26 bits per heavy atom. The Hall–Kier alpha value is -1.56. The maximum absolute atomic E-state index is 12.7. The molecule has 1 aromatic carbocycles. The van der Waals surface area contributed by atoms with Crippen molar-refractivity contribution >= 4 is 39.3 Å². The van der Waals surface area contributed by atoms with Crippen LogP contribution in [0.15, 0.2) is 22.7 Å². The third-order valence-electron chi connectivity index (χ3n) is 4.10. The predicted molar refractivity (Wildman–Crippen MR) is 92.8 cm³/mol. The minimum Gasteiger partial charge on any atom is -0.446 e. The van der Waals surface area contributed by atoms with Gasteiger partial charge in [-0.3, -0.25) is 9.69 Å². The lowest BCUT2D eigenvalue weighted by Gasteiger charge is -2.41. The highest BCUT2D eigenvalue weighted by Gasteiger charge is 2.41. The number of anilines is 2. The van der Waals surface area contributed by atoms with Crippen LogP contribution in [0.2, 0.25) is 0 Å². The molecule has 2 aliphatic rings. The summed E-state index contributed by atoms with van der Waals surface area (Å²) in [6.07, 6.45) is 1.38. The Kier molecular flexibility index (Phi) is 4.36. The molecule has 5 nitrogen and oxygen atoms in total. The van der Waals surface area contributed by atoms with Crippen molar-refractivity contribution in [3.05, 3.63) is 22.7 Å². The molecule has 1 fully saturated rings. The highest BCUT2D eigenvalue weighted by atomic mass is 79.9. The molecule has 3 rings (SSSR count). The third-order valence-corrected chi connectivity index (χ3v) is 4.59. The number of fused-ring (bicyclic) bond motifs is 1. The number of benzene rings is 1. The Morgan fingerprint density at radius 3 is 2.57 bits per heavy atom. The highest BCUT2D eigenvalue weighted by Crippen LogP contribution is 2.41. The van der Waals surface area contributed by atoms with Crippen LogP contribution in [0.3, 0.4) is 0 Å². The van der Waals surface area contributed by atoms with E-state index in [-0.39, 0.29) is 30.1 Å². The van der Waals surface area contributed by atoms with Crippen molar-refractivity contribution in [3.8, 4) is 0 Å². The van der Waals surface area contributed by atoms with E-state index >= 15 is 0 Å². The lowest BCUT2D eigenvalue weighted by atomic mass is 10.1. The predicted octanol–water partition coefficient (Wildman–Crippen LogP) is 3.95. The van der Waals surface area contributed by atoms with Gasteiger partial charge in [0.15, 0.2) is 0 Å². The summed E-state index contributed by atoms with van der Waals surface area (Å²) in [6, 6.07) is 5.59. The number of ether oxygens (including phenoxy) is 1. The van der Waals surface area contributed by atoms with E-state index in [0.717, 1.165) is 28.7 Å². The summed E-state index contributed by atoms with van der Waals surface area (Å²) < 4.78 is 6.23. The van der Waals surface area contributed by atoms with Crippen molar-refractivity contribution in [2.45, 2.75) is 45.8 Å². The van der Waals surface area contributed by atoms with Crippen molar-refractivity contribution in [3.63, 3.8) is 0 Å². The van der Waals surface area contributed by atoms with Gasteiger partial charge in [0, 0.05) is 16.9 Å². The second-order valence-corrected chi connectivity index (χ2v) is 7.42. The zero-order valence-electron chi connectivity index (χ0n) is 13.6. The molecule has 124 valence electrons. The maximum atomic E-state index is 12.7. The Labute approximate surface area is 144 Å². The van der Waals surface area contributed by atoms with Crippen LogP contribution in [0.1, 0.15) is 33.6 Å². The number of carbonyl (C=O) groups excluding carboxylic acids is 2. The van der Waals surface area contributed by atoms with E-state index in [4.69, 9.17) is 4.74 Å². The molecule has 0 N–H and O–H groups in total. The van der Waals surface area contributed by atoms with Gasteiger partial charge in [-0.25, -0.2) is 4.79 Å². The summed E-state index contributed by atoms with van der Waals surface area (Å²) in [6.45, 7) is 6.07. The van der Waals surface area contributed by atoms with Gasteiger partial charge >= 0.3 is 6.09 Å². The zero-order valence-corrected chi connectivity index (χ0v) is 15.2. The van der Waals surface area contributed by atoms with E-state index < -0.39 is 0 Å². The van der Waals surface area contributed by atoms with Gasteiger partial charge in [-0.15, -0.1) is 0 Å². The first kappa shape index (κ1) is 16.3. The van der Waals surface area contributed by atoms with E-state index in [1.807, 2.05) is 43.9 Å². The molecule has 0 bridgehead atoms. The van der Waals surface area contributed by atoms with Gasteiger partial charge in [0.05, 0.1) is 23.5 Å². The standard InChI is InChI=1S/C17H21BrN2O3/c1-10(2)23-17(22)19-9-11(3)20(16(21)12-4-5-12)14-7-6-13(18)8-15(14)19/h6-8,10-12H,4-5,9H2,1-3H3/t11-/m0/s1. The van der Waals surface area contributed by atoms with Gasteiger partial charge in [0.25, 0.3) is 0 Å². The van der Waals surface area contributed by atoms with Crippen molar-refractivity contribution < 1.29 is 14.3 Å². The molecule has 0 spiro atoms. The van der Waals surface area contributed by atoms with Gasteiger partial charge in [-0.05, 0) is 51.8 Å².